The number of hydrogen-bond donors (Lipinski definition) is 2. The van der Waals surface area contributed by atoms with Crippen LogP contribution in [-0.2, 0) is 6.42 Å². The summed E-state index contributed by atoms with van der Waals surface area (Å²) in [5.41, 5.74) is 2.64. The smallest absolute Gasteiger partial charge is 0.259 e. The van der Waals surface area contributed by atoms with Gasteiger partial charge in [0.2, 0.25) is 0 Å². The van der Waals surface area contributed by atoms with Crippen molar-refractivity contribution in [2.45, 2.75) is 58.9 Å². The van der Waals surface area contributed by atoms with Crippen LogP contribution in [0.3, 0.4) is 0 Å². The Labute approximate surface area is 141 Å². The van der Waals surface area contributed by atoms with Crippen molar-refractivity contribution in [2.75, 3.05) is 6.61 Å². The topological polar surface area (TPSA) is 88.2 Å². The van der Waals surface area contributed by atoms with Gasteiger partial charge in [0, 0.05) is 17.7 Å². The summed E-state index contributed by atoms with van der Waals surface area (Å²) in [5, 5.41) is 16.9. The molecule has 6 nitrogen and oxygen atoms in total. The third-order valence-electron chi connectivity index (χ3n) is 4.13. The summed E-state index contributed by atoms with van der Waals surface area (Å²) < 4.78 is 5.45. The monoisotopic (exact) mass is 331 g/mol. The molecule has 0 bridgehead atoms. The molecule has 2 aromatic rings. The van der Waals surface area contributed by atoms with Crippen LogP contribution in [0.15, 0.2) is 10.6 Å². The minimum atomic E-state index is -0.309. The van der Waals surface area contributed by atoms with Gasteiger partial charge in [-0.15, -0.1) is 0 Å². The predicted molar refractivity (Wildman–Crippen MR) is 91.0 cm³/mol. The number of carbonyl (C=O) groups is 1. The molecule has 3 rings (SSSR count). The number of carbonyl (C=O) groups excluding carboxylic acids is 1. The van der Waals surface area contributed by atoms with Crippen molar-refractivity contribution in [2.24, 2.45) is 5.41 Å². The first-order chi connectivity index (χ1) is 11.3. The van der Waals surface area contributed by atoms with Gasteiger partial charge >= 0.3 is 0 Å². The predicted octanol–water partition coefficient (Wildman–Crippen LogP) is 2.80. The molecule has 0 spiro atoms. The van der Waals surface area contributed by atoms with E-state index < -0.39 is 0 Å². The van der Waals surface area contributed by atoms with Crippen molar-refractivity contribution in [3.8, 4) is 0 Å². The molecule has 1 fully saturated rings. The molecule has 0 aliphatic heterocycles. The van der Waals surface area contributed by atoms with E-state index in [2.05, 4.69) is 36.2 Å². The van der Waals surface area contributed by atoms with Crippen LogP contribution in [0, 0.1) is 5.41 Å². The fourth-order valence-corrected chi connectivity index (χ4v) is 2.77. The molecule has 2 heterocycles. The summed E-state index contributed by atoms with van der Waals surface area (Å²) in [6, 6.07) is 1.55. The number of aliphatic hydroxyl groups excluding tert-OH is 1. The summed E-state index contributed by atoms with van der Waals surface area (Å²) in [6.45, 7) is 8.02. The van der Waals surface area contributed by atoms with Crippen LogP contribution >= 0.6 is 0 Å². The van der Waals surface area contributed by atoms with Gasteiger partial charge in [-0.1, -0.05) is 25.9 Å². The Morgan fingerprint density at radius 3 is 2.75 bits per heavy atom. The molecule has 1 aliphatic rings. The highest BCUT2D eigenvalue weighted by molar-refractivity contribution is 6.06. The van der Waals surface area contributed by atoms with Crippen molar-refractivity contribution in [1.82, 2.24) is 15.5 Å². The minimum Gasteiger partial charge on any atom is -0.394 e. The van der Waals surface area contributed by atoms with E-state index in [-0.39, 0.29) is 24.0 Å². The molecule has 2 aromatic heterocycles. The molecule has 0 radical (unpaired) electrons. The van der Waals surface area contributed by atoms with E-state index >= 15 is 0 Å². The molecule has 24 heavy (non-hydrogen) atoms. The largest absolute Gasteiger partial charge is 0.394 e. The first-order valence-corrected chi connectivity index (χ1v) is 8.49. The van der Waals surface area contributed by atoms with Gasteiger partial charge < -0.3 is 14.9 Å². The standard InChI is InChI=1S/C18H25N3O3/c1-10(9-22)19-16(23)12-7-13(11-5-6-11)20-17-15(12)14(21-24-17)8-18(2,3)4/h7,10-11,22H,5-6,8-9H2,1-4H3,(H,19,23)/t10-/m0/s1. The Kier molecular flexibility index (Phi) is 4.34. The summed E-state index contributed by atoms with van der Waals surface area (Å²) >= 11 is 0. The lowest BCUT2D eigenvalue weighted by atomic mass is 9.89. The van der Waals surface area contributed by atoms with Gasteiger partial charge in [-0.05, 0) is 37.7 Å². The van der Waals surface area contributed by atoms with Gasteiger partial charge in [0.15, 0.2) is 0 Å². The molecular formula is C18H25N3O3. The molecule has 1 saturated carbocycles. The number of hydrogen-bond acceptors (Lipinski definition) is 5. The van der Waals surface area contributed by atoms with Gasteiger partial charge in [0.25, 0.3) is 11.6 Å². The van der Waals surface area contributed by atoms with Gasteiger partial charge in [-0.25, -0.2) is 4.98 Å². The molecule has 2 N–H and O–H groups in total. The average molecular weight is 331 g/mol. The van der Waals surface area contributed by atoms with Crippen LogP contribution < -0.4 is 5.32 Å². The summed E-state index contributed by atoms with van der Waals surface area (Å²) in [7, 11) is 0. The van der Waals surface area contributed by atoms with E-state index in [1.807, 2.05) is 6.07 Å². The van der Waals surface area contributed by atoms with E-state index in [0.717, 1.165) is 24.2 Å². The van der Waals surface area contributed by atoms with E-state index in [0.29, 0.717) is 29.0 Å². The molecule has 1 aliphatic carbocycles. The third-order valence-corrected chi connectivity index (χ3v) is 4.13. The molecule has 0 unspecified atom stereocenters. The maximum absolute atomic E-state index is 12.7. The molecular weight excluding hydrogens is 306 g/mol. The maximum atomic E-state index is 12.7. The molecule has 6 heteroatoms. The third kappa shape index (κ3) is 3.59. The van der Waals surface area contributed by atoms with Gasteiger partial charge in [0.05, 0.1) is 23.3 Å². The number of rotatable bonds is 5. The summed E-state index contributed by atoms with van der Waals surface area (Å²) in [5.74, 6) is 0.191. The Bertz CT molecular complexity index is 757. The van der Waals surface area contributed by atoms with E-state index in [1.165, 1.54) is 0 Å². The quantitative estimate of drug-likeness (QED) is 0.879. The first kappa shape index (κ1) is 16.9. The molecule has 0 saturated heterocycles. The highest BCUT2D eigenvalue weighted by atomic mass is 16.5. The highest BCUT2D eigenvalue weighted by Gasteiger charge is 2.30. The zero-order valence-electron chi connectivity index (χ0n) is 14.7. The molecule has 1 amide bonds. The van der Waals surface area contributed by atoms with Crippen molar-refractivity contribution in [1.29, 1.82) is 0 Å². The Balaban J connectivity index is 2.08. The molecule has 130 valence electrons. The zero-order valence-corrected chi connectivity index (χ0v) is 14.7. The second-order valence-electron chi connectivity index (χ2n) is 7.97. The number of nitrogens with zero attached hydrogens (tertiary/aromatic N) is 2. The zero-order chi connectivity index (χ0) is 17.5. The number of pyridine rings is 1. The van der Waals surface area contributed by atoms with Gasteiger partial charge in [-0.3, -0.25) is 4.79 Å². The van der Waals surface area contributed by atoms with Crippen LogP contribution in [0.1, 0.15) is 68.2 Å². The maximum Gasteiger partial charge on any atom is 0.259 e. The van der Waals surface area contributed by atoms with Gasteiger partial charge in [-0.2, -0.15) is 0 Å². The lowest BCUT2D eigenvalue weighted by molar-refractivity contribution is 0.0923. The average Bonchev–Trinajstić information content (AvgIpc) is 3.28. The lowest BCUT2D eigenvalue weighted by Gasteiger charge is -2.17. The SMILES string of the molecule is C[C@@H](CO)NC(=O)c1cc(C2CC2)nc2onc(CC(C)(C)C)c12. The highest BCUT2D eigenvalue weighted by Crippen LogP contribution is 2.40. The second-order valence-corrected chi connectivity index (χ2v) is 7.97. The summed E-state index contributed by atoms with van der Waals surface area (Å²) in [6.07, 6.45) is 2.88. The van der Waals surface area contributed by atoms with Crippen molar-refractivity contribution in [3.63, 3.8) is 0 Å². The van der Waals surface area contributed by atoms with Crippen LogP contribution in [0.25, 0.3) is 11.1 Å². The number of nitrogens with one attached hydrogen (secondary N) is 1. The molecule has 0 aromatic carbocycles. The number of aromatic nitrogens is 2. The molecule has 1 atom stereocenters. The number of aliphatic hydroxyl groups is 1. The van der Waals surface area contributed by atoms with Crippen molar-refractivity contribution in [3.05, 3.63) is 23.0 Å². The van der Waals surface area contributed by atoms with Crippen molar-refractivity contribution < 1.29 is 14.4 Å². The Morgan fingerprint density at radius 1 is 1.46 bits per heavy atom. The Morgan fingerprint density at radius 2 is 2.17 bits per heavy atom. The number of fused-ring (bicyclic) bond motifs is 1. The fourth-order valence-electron chi connectivity index (χ4n) is 2.77. The van der Waals surface area contributed by atoms with E-state index in [1.54, 1.807) is 6.92 Å². The lowest BCUT2D eigenvalue weighted by Crippen LogP contribution is -2.35. The van der Waals surface area contributed by atoms with E-state index in [4.69, 9.17) is 4.52 Å². The fraction of sp³-hybridized carbons (Fsp3) is 0.611. The first-order valence-electron chi connectivity index (χ1n) is 8.49. The number of amides is 1. The van der Waals surface area contributed by atoms with E-state index in [9.17, 15) is 9.90 Å². The normalized spacial score (nSPS) is 16.4. The van der Waals surface area contributed by atoms with Crippen LogP contribution in [0.4, 0.5) is 0 Å². The van der Waals surface area contributed by atoms with Crippen LogP contribution in [0.2, 0.25) is 0 Å². The van der Waals surface area contributed by atoms with Crippen LogP contribution in [-0.4, -0.2) is 33.8 Å². The second kappa shape index (κ2) is 6.16. The van der Waals surface area contributed by atoms with Crippen molar-refractivity contribution >= 4 is 17.0 Å². The minimum absolute atomic E-state index is 0.0190. The summed E-state index contributed by atoms with van der Waals surface area (Å²) in [4.78, 5) is 17.3. The van der Waals surface area contributed by atoms with Crippen LogP contribution in [0.5, 0.6) is 0 Å². The Hall–Kier alpha value is -1.95. The van der Waals surface area contributed by atoms with Gasteiger partial charge in [0.1, 0.15) is 0 Å².